The Labute approximate surface area is 341 Å². The Morgan fingerprint density at radius 2 is 1.47 bits per heavy atom. The molecule has 2 N–H and O–H groups in total. The topological polar surface area (TPSA) is 161 Å². The second kappa shape index (κ2) is 23.3. The maximum Gasteiger partial charge on any atom is 0.308 e. The first-order valence-electron chi connectivity index (χ1n) is 20.7. The molecule has 0 radical (unpaired) electrons. The van der Waals surface area contributed by atoms with Gasteiger partial charge >= 0.3 is 5.97 Å². The Bertz CT molecular complexity index is 1290. The highest BCUT2D eigenvalue weighted by Crippen LogP contribution is 2.37. The van der Waals surface area contributed by atoms with Gasteiger partial charge in [-0.05, 0) is 59.7 Å². The van der Waals surface area contributed by atoms with Crippen LogP contribution in [-0.2, 0) is 52.2 Å². The number of nitrogens with zero attached hydrogens (tertiary/aromatic N) is 1. The number of hydrogen-bond acceptors (Lipinski definition) is 14. The molecular weight excluding hydrogens is 738 g/mol. The van der Waals surface area contributed by atoms with Crippen molar-refractivity contribution < 1.29 is 62.4 Å². The Morgan fingerprint density at radius 1 is 0.842 bits per heavy atom. The van der Waals surface area contributed by atoms with Gasteiger partial charge in [0, 0.05) is 70.5 Å². The average molecular weight is 814 g/mol. The van der Waals surface area contributed by atoms with Crippen LogP contribution in [0.15, 0.2) is 23.8 Å². The second-order valence-electron chi connectivity index (χ2n) is 16.8. The number of aliphatic hydroxyl groups excluding tert-OH is 2. The van der Waals surface area contributed by atoms with E-state index in [1.165, 1.54) is 0 Å². The molecular formula is C43H75NO13. The predicted octanol–water partition coefficient (Wildman–Crippen LogP) is 4.53. The van der Waals surface area contributed by atoms with E-state index in [4.69, 9.17) is 42.6 Å². The molecule has 0 aromatic carbocycles. The van der Waals surface area contributed by atoms with E-state index in [0.29, 0.717) is 19.3 Å². The van der Waals surface area contributed by atoms with E-state index < -0.39 is 79.2 Å². The lowest BCUT2D eigenvalue weighted by Crippen LogP contribution is -2.59. The van der Waals surface area contributed by atoms with Crippen molar-refractivity contribution in [2.45, 2.75) is 155 Å². The van der Waals surface area contributed by atoms with Crippen molar-refractivity contribution >= 4 is 11.8 Å². The maximum absolute atomic E-state index is 13.8. The van der Waals surface area contributed by atoms with Crippen LogP contribution in [0.25, 0.3) is 0 Å². The number of hydrogen-bond donors (Lipinski definition) is 2. The first-order valence-corrected chi connectivity index (χ1v) is 20.7. The second-order valence-corrected chi connectivity index (χ2v) is 16.8. The number of rotatable bonds is 13. The highest BCUT2D eigenvalue weighted by Gasteiger charge is 2.47. The summed E-state index contributed by atoms with van der Waals surface area (Å²) in [6.07, 6.45) is -0.654. The van der Waals surface area contributed by atoms with Crippen molar-refractivity contribution in [2.75, 3.05) is 49.1 Å². The number of ether oxygens (including phenoxy) is 9. The molecule has 0 spiro atoms. The van der Waals surface area contributed by atoms with E-state index in [2.05, 4.69) is 0 Å². The Hall–Kier alpha value is -1.82. The normalized spacial score (nSPS) is 42.1. The fraction of sp³-hybridized carbons (Fsp3) is 0.860. The molecule has 0 amide bonds. The third-order valence-electron chi connectivity index (χ3n) is 12.5. The first kappa shape index (κ1) is 49.5. The van der Waals surface area contributed by atoms with Gasteiger partial charge in [-0.15, -0.1) is 0 Å². The van der Waals surface area contributed by atoms with Gasteiger partial charge in [0.05, 0.1) is 49.7 Å². The maximum atomic E-state index is 13.8. The van der Waals surface area contributed by atoms with Gasteiger partial charge in [0.15, 0.2) is 24.7 Å². The number of likely N-dealkylation sites (N-methyl/N-ethyl adjacent to an activating group) is 1. The van der Waals surface area contributed by atoms with Crippen molar-refractivity contribution in [3.63, 3.8) is 0 Å². The number of cyclic esters (lactones) is 1. The molecule has 3 aliphatic rings. The summed E-state index contributed by atoms with van der Waals surface area (Å²) in [7, 11) is 10.2. The summed E-state index contributed by atoms with van der Waals surface area (Å²) in [5.74, 6) is -2.74. The molecule has 2 saturated heterocycles. The van der Waals surface area contributed by atoms with E-state index in [1.807, 2.05) is 80.5 Å². The molecule has 330 valence electrons. The van der Waals surface area contributed by atoms with Crippen molar-refractivity contribution in [2.24, 2.45) is 35.5 Å². The van der Waals surface area contributed by atoms with Crippen LogP contribution in [0.5, 0.6) is 0 Å². The number of esters is 1. The SMILES string of the molecule is CC[C@H]1OC(=O)C[C@@H](O)[C@H](C)[C@@H](O[C@@H]2O[C@H](C)[C@@H](O)[C@H](N(C)C)[C@H]2C)[C@@H](CC(OC)OC)C[C@@H](C)C(=O)/C=C/C(C)=C/[C@@H]1CO[C@@H]1O[C@H](C)[C@@H](C)[C@@H](OC)[C@H]1OC. The molecule has 57 heavy (non-hydrogen) atoms. The molecule has 17 atom stereocenters. The van der Waals surface area contributed by atoms with Crippen molar-refractivity contribution in [1.29, 1.82) is 0 Å². The largest absolute Gasteiger partial charge is 0.462 e. The number of allylic oxidation sites excluding steroid dienone is 3. The Morgan fingerprint density at radius 3 is 2.05 bits per heavy atom. The summed E-state index contributed by atoms with van der Waals surface area (Å²) in [5.41, 5.74) is 0.788. The van der Waals surface area contributed by atoms with Crippen LogP contribution in [0.3, 0.4) is 0 Å². The summed E-state index contributed by atoms with van der Waals surface area (Å²) in [5, 5.41) is 22.9. The third-order valence-corrected chi connectivity index (χ3v) is 12.5. The summed E-state index contributed by atoms with van der Waals surface area (Å²) < 4.78 is 54.8. The minimum atomic E-state index is -1.18. The zero-order chi connectivity index (χ0) is 42.7. The van der Waals surface area contributed by atoms with E-state index >= 15 is 0 Å². The molecule has 14 heteroatoms. The minimum absolute atomic E-state index is 0.0690. The van der Waals surface area contributed by atoms with E-state index in [1.54, 1.807) is 40.6 Å². The molecule has 0 aromatic rings. The smallest absolute Gasteiger partial charge is 0.308 e. The first-order chi connectivity index (χ1) is 26.9. The fourth-order valence-corrected chi connectivity index (χ4v) is 8.76. The van der Waals surface area contributed by atoms with Gasteiger partial charge in [-0.3, -0.25) is 9.59 Å². The van der Waals surface area contributed by atoms with E-state index in [0.717, 1.165) is 5.57 Å². The van der Waals surface area contributed by atoms with E-state index in [-0.39, 0.29) is 54.8 Å². The molecule has 14 nitrogen and oxygen atoms in total. The van der Waals surface area contributed by atoms with Crippen molar-refractivity contribution in [1.82, 2.24) is 4.90 Å². The Balaban J connectivity index is 2.02. The quantitative estimate of drug-likeness (QED) is 0.197. The zero-order valence-corrected chi connectivity index (χ0v) is 37.0. The van der Waals surface area contributed by atoms with Gasteiger partial charge < -0.3 is 57.7 Å². The third kappa shape index (κ3) is 13.1. The lowest BCUT2D eigenvalue weighted by atomic mass is 9.79. The molecule has 0 saturated carbocycles. The summed E-state index contributed by atoms with van der Waals surface area (Å²) in [4.78, 5) is 29.6. The van der Waals surface area contributed by atoms with Gasteiger partial charge in [0.2, 0.25) is 0 Å². The lowest BCUT2D eigenvalue weighted by Gasteiger charge is -2.47. The van der Waals surface area contributed by atoms with Crippen molar-refractivity contribution in [3.05, 3.63) is 23.8 Å². The van der Waals surface area contributed by atoms with Gasteiger partial charge in [-0.25, -0.2) is 0 Å². The highest BCUT2D eigenvalue weighted by molar-refractivity contribution is 5.91. The van der Waals surface area contributed by atoms with Gasteiger partial charge in [0.25, 0.3) is 0 Å². The van der Waals surface area contributed by atoms with Crippen LogP contribution in [0.4, 0.5) is 0 Å². The number of ketones is 1. The number of carbonyl (C=O) groups excluding carboxylic acids is 2. The standard InChI is InChI=1S/C43H75NO13/c1-15-34-31(22-53-43-41(52-14)40(51-13)25(4)28(7)54-43)18-23(2)16-17-32(45)24(3)19-30(20-36(49-11)50-12)39(26(5)33(46)21-35(47)56-34)57-42-27(6)37(44(9)10)38(48)29(8)55-42/h16-18,24-31,33-34,36-43,46,48H,15,19-22H2,1-14H3/b17-16+,23-18+/t24-,25-,26+,27-,28-,29-,30-,31-,33-,34-,37-,38-,39-,40-,41-,42+,43-/m1/s1. The highest BCUT2D eigenvalue weighted by atomic mass is 16.7. The van der Waals surface area contributed by atoms with Crippen molar-refractivity contribution in [3.8, 4) is 0 Å². The molecule has 3 aliphatic heterocycles. The molecule has 0 unspecified atom stereocenters. The molecule has 0 aliphatic carbocycles. The number of methoxy groups -OCH3 is 4. The summed E-state index contributed by atoms with van der Waals surface area (Å²) in [6.45, 7) is 15.4. The number of carbonyl (C=O) groups is 2. The molecule has 2 fully saturated rings. The zero-order valence-electron chi connectivity index (χ0n) is 37.0. The molecule has 0 aromatic heterocycles. The Kier molecular flexibility index (Phi) is 20.2. The van der Waals surface area contributed by atoms with Gasteiger partial charge in [0.1, 0.15) is 12.2 Å². The van der Waals surface area contributed by atoms with Gasteiger partial charge in [-0.1, -0.05) is 52.3 Å². The number of aliphatic hydroxyl groups is 2. The monoisotopic (exact) mass is 814 g/mol. The van der Waals surface area contributed by atoms with Crippen LogP contribution in [-0.4, -0.2) is 150 Å². The van der Waals surface area contributed by atoms with Crippen LogP contribution < -0.4 is 0 Å². The lowest BCUT2D eigenvalue weighted by molar-refractivity contribution is -0.292. The fourth-order valence-electron chi connectivity index (χ4n) is 8.76. The molecule has 3 rings (SSSR count). The summed E-state index contributed by atoms with van der Waals surface area (Å²) >= 11 is 0. The van der Waals surface area contributed by atoms with Gasteiger partial charge in [-0.2, -0.15) is 0 Å². The van der Waals surface area contributed by atoms with Crippen LogP contribution in [0, 0.1) is 35.5 Å². The molecule has 0 bridgehead atoms. The molecule has 3 heterocycles. The van der Waals surface area contributed by atoms with E-state index in [9.17, 15) is 19.8 Å². The summed E-state index contributed by atoms with van der Waals surface area (Å²) in [6, 6.07) is -0.271. The van der Waals surface area contributed by atoms with Crippen LogP contribution >= 0.6 is 0 Å². The van der Waals surface area contributed by atoms with Crippen LogP contribution in [0.2, 0.25) is 0 Å². The minimum Gasteiger partial charge on any atom is -0.462 e. The average Bonchev–Trinajstić information content (AvgIpc) is 3.17. The predicted molar refractivity (Wildman–Crippen MR) is 214 cm³/mol. The van der Waals surface area contributed by atoms with Crippen LogP contribution in [0.1, 0.15) is 81.1 Å².